The lowest BCUT2D eigenvalue weighted by molar-refractivity contribution is 0.202. The Morgan fingerprint density at radius 1 is 1.21 bits per heavy atom. The lowest BCUT2D eigenvalue weighted by Gasteiger charge is -2.34. The quantitative estimate of drug-likeness (QED) is 0.668. The highest BCUT2D eigenvalue weighted by Gasteiger charge is 2.29. The second-order valence-electron chi connectivity index (χ2n) is 6.65. The van der Waals surface area contributed by atoms with Gasteiger partial charge in [-0.1, -0.05) is 11.6 Å². The first-order chi connectivity index (χ1) is 13.5. The minimum absolute atomic E-state index is 0.0648. The van der Waals surface area contributed by atoms with Crippen LogP contribution in [0.3, 0.4) is 0 Å². The fraction of sp³-hybridized carbons (Fsp3) is 0.389. The van der Waals surface area contributed by atoms with Crippen molar-refractivity contribution in [3.8, 4) is 16.9 Å². The second-order valence-corrected chi connectivity index (χ2v) is 7.01. The Morgan fingerprint density at radius 3 is 2.50 bits per heavy atom. The Labute approximate surface area is 164 Å². The van der Waals surface area contributed by atoms with E-state index >= 15 is 0 Å². The molecule has 1 N–H and O–H groups in total. The predicted molar refractivity (Wildman–Crippen MR) is 99.7 cm³/mol. The molecule has 28 heavy (non-hydrogen) atoms. The van der Waals surface area contributed by atoms with Crippen LogP contribution in [-0.4, -0.2) is 51.5 Å². The molecule has 7 nitrogen and oxygen atoms in total. The number of anilines is 1. The highest BCUT2D eigenvalue weighted by molar-refractivity contribution is 6.33. The molecule has 4 rings (SSSR count). The van der Waals surface area contributed by atoms with Crippen LogP contribution >= 0.6 is 11.6 Å². The van der Waals surface area contributed by atoms with Gasteiger partial charge in [0.2, 0.25) is 0 Å². The van der Waals surface area contributed by atoms with Crippen LogP contribution < -0.4 is 9.64 Å². The maximum absolute atomic E-state index is 14.9. The zero-order valence-corrected chi connectivity index (χ0v) is 15.8. The molecule has 0 amide bonds. The van der Waals surface area contributed by atoms with E-state index in [4.69, 9.17) is 16.3 Å². The summed E-state index contributed by atoms with van der Waals surface area (Å²) in [6.45, 7) is 1.26. The fourth-order valence-corrected chi connectivity index (χ4v) is 3.80. The van der Waals surface area contributed by atoms with Crippen LogP contribution in [0.1, 0.15) is 12.8 Å². The van der Waals surface area contributed by atoms with Gasteiger partial charge in [-0.2, -0.15) is 19.6 Å². The van der Waals surface area contributed by atoms with Gasteiger partial charge in [-0.3, -0.25) is 0 Å². The molecule has 0 spiro atoms. The van der Waals surface area contributed by atoms with E-state index in [-0.39, 0.29) is 40.3 Å². The van der Waals surface area contributed by atoms with Crippen molar-refractivity contribution in [3.63, 3.8) is 0 Å². The molecule has 0 radical (unpaired) electrons. The van der Waals surface area contributed by atoms with Crippen LogP contribution in [0.2, 0.25) is 5.15 Å². The first kappa shape index (κ1) is 18.8. The summed E-state index contributed by atoms with van der Waals surface area (Å²) >= 11 is 6.37. The van der Waals surface area contributed by atoms with Gasteiger partial charge in [0.15, 0.2) is 0 Å². The smallest absolute Gasteiger partial charge is 0.255 e. The van der Waals surface area contributed by atoms with E-state index in [0.717, 1.165) is 25.0 Å². The van der Waals surface area contributed by atoms with Crippen molar-refractivity contribution in [1.29, 1.82) is 0 Å². The molecule has 0 saturated carbocycles. The maximum atomic E-state index is 14.9. The second kappa shape index (κ2) is 7.48. The van der Waals surface area contributed by atoms with E-state index in [9.17, 15) is 13.9 Å². The summed E-state index contributed by atoms with van der Waals surface area (Å²) in [7, 11) is 1.33. The van der Waals surface area contributed by atoms with Crippen molar-refractivity contribution in [2.45, 2.75) is 12.8 Å². The van der Waals surface area contributed by atoms with Gasteiger partial charge in [0.25, 0.3) is 5.78 Å². The molecule has 0 atom stereocenters. The number of hydrogen-bond donors (Lipinski definition) is 1. The Kier molecular flexibility index (Phi) is 5.03. The maximum Gasteiger partial charge on any atom is 0.255 e. The molecule has 0 aliphatic carbocycles. The molecule has 2 aromatic heterocycles. The third-order valence-corrected chi connectivity index (χ3v) is 5.31. The number of rotatable bonds is 4. The zero-order valence-electron chi connectivity index (χ0n) is 15.1. The highest BCUT2D eigenvalue weighted by Crippen LogP contribution is 2.41. The Hall–Kier alpha value is -2.52. The van der Waals surface area contributed by atoms with Crippen molar-refractivity contribution in [3.05, 3.63) is 35.2 Å². The van der Waals surface area contributed by atoms with Crippen LogP contribution in [0.25, 0.3) is 16.9 Å². The lowest BCUT2D eigenvalue weighted by Crippen LogP contribution is -2.36. The summed E-state index contributed by atoms with van der Waals surface area (Å²) in [6.07, 6.45) is 2.78. The summed E-state index contributed by atoms with van der Waals surface area (Å²) in [5.41, 5.74) is -0.185. The summed E-state index contributed by atoms with van der Waals surface area (Å²) in [4.78, 5) is 10.1. The molecule has 10 heteroatoms. The third kappa shape index (κ3) is 3.14. The monoisotopic (exact) mass is 409 g/mol. The van der Waals surface area contributed by atoms with Crippen molar-refractivity contribution in [2.24, 2.45) is 5.92 Å². The molecule has 3 aromatic rings. The van der Waals surface area contributed by atoms with E-state index in [1.807, 2.05) is 4.90 Å². The van der Waals surface area contributed by atoms with E-state index < -0.39 is 11.6 Å². The molecule has 0 unspecified atom stereocenters. The highest BCUT2D eigenvalue weighted by atomic mass is 35.5. The van der Waals surface area contributed by atoms with Gasteiger partial charge in [0, 0.05) is 31.8 Å². The normalized spacial score (nSPS) is 15.4. The number of halogens is 3. The fourth-order valence-electron chi connectivity index (χ4n) is 3.54. The van der Waals surface area contributed by atoms with Gasteiger partial charge >= 0.3 is 0 Å². The van der Waals surface area contributed by atoms with Crippen molar-refractivity contribution in [1.82, 2.24) is 19.6 Å². The molecule has 1 saturated heterocycles. The number of benzene rings is 1. The minimum atomic E-state index is -0.813. The number of aliphatic hydroxyl groups excluding tert-OH is 1. The van der Waals surface area contributed by atoms with Gasteiger partial charge in [0.05, 0.1) is 18.2 Å². The average Bonchev–Trinajstić information content (AvgIpc) is 3.15. The number of hydrogen-bond acceptors (Lipinski definition) is 6. The van der Waals surface area contributed by atoms with E-state index in [1.165, 1.54) is 18.0 Å². The molecule has 3 heterocycles. The third-order valence-electron chi connectivity index (χ3n) is 5.03. The molecule has 148 valence electrons. The predicted octanol–water partition coefficient (Wildman–Crippen LogP) is 2.94. The van der Waals surface area contributed by atoms with Crippen molar-refractivity contribution in [2.75, 3.05) is 31.7 Å². The van der Waals surface area contributed by atoms with Crippen molar-refractivity contribution >= 4 is 23.2 Å². The van der Waals surface area contributed by atoms with Gasteiger partial charge in [0.1, 0.15) is 34.7 Å². The molecule has 1 aromatic carbocycles. The summed E-state index contributed by atoms with van der Waals surface area (Å²) in [6, 6.07) is 2.20. The molecule has 1 aliphatic rings. The Bertz CT molecular complexity index is 998. The van der Waals surface area contributed by atoms with Crippen LogP contribution in [0.5, 0.6) is 5.75 Å². The zero-order chi connectivity index (χ0) is 19.8. The van der Waals surface area contributed by atoms with Gasteiger partial charge in [-0.05, 0) is 18.8 Å². The number of ether oxygens (including phenoxy) is 1. The van der Waals surface area contributed by atoms with Crippen LogP contribution in [-0.2, 0) is 0 Å². The number of piperidine rings is 1. The lowest BCUT2D eigenvalue weighted by atomic mass is 9.97. The van der Waals surface area contributed by atoms with Gasteiger partial charge < -0.3 is 14.7 Å². The Balaban J connectivity index is 1.93. The van der Waals surface area contributed by atoms with E-state index in [2.05, 4.69) is 15.1 Å². The first-order valence-corrected chi connectivity index (χ1v) is 9.19. The number of aromatic nitrogens is 4. The molecular weight excluding hydrogens is 392 g/mol. The number of aliphatic hydroxyl groups is 1. The van der Waals surface area contributed by atoms with E-state index in [1.54, 1.807) is 0 Å². The SMILES string of the molecule is COc1cc(F)c(-c2c(Cl)nc3ncnn3c2N2CCC(CO)CC2)c(F)c1. The van der Waals surface area contributed by atoms with Crippen LogP contribution in [0, 0.1) is 17.6 Å². The number of fused-ring (bicyclic) bond motifs is 1. The largest absolute Gasteiger partial charge is 0.497 e. The minimum Gasteiger partial charge on any atom is -0.497 e. The number of nitrogens with zero attached hydrogens (tertiary/aromatic N) is 5. The number of methoxy groups -OCH3 is 1. The van der Waals surface area contributed by atoms with Gasteiger partial charge in [-0.25, -0.2) is 8.78 Å². The molecule has 1 aliphatic heterocycles. The first-order valence-electron chi connectivity index (χ1n) is 8.82. The molecule has 1 fully saturated rings. The average molecular weight is 410 g/mol. The summed E-state index contributed by atoms with van der Waals surface area (Å²) < 4.78 is 36.1. The summed E-state index contributed by atoms with van der Waals surface area (Å²) in [5.74, 6) is -0.708. The van der Waals surface area contributed by atoms with Gasteiger partial charge in [-0.15, -0.1) is 0 Å². The standard InChI is InChI=1S/C18H18ClF2N5O2/c1-28-11-6-12(20)14(13(21)7-11)15-16(19)24-18-22-9-23-26(18)17(15)25-4-2-10(8-27)3-5-25/h6-7,9-10,27H,2-5,8H2,1H3. The van der Waals surface area contributed by atoms with Crippen molar-refractivity contribution < 1.29 is 18.6 Å². The molecular formula is C18H18ClF2N5O2. The van der Waals surface area contributed by atoms with E-state index in [0.29, 0.717) is 18.9 Å². The molecule has 0 bridgehead atoms. The summed E-state index contributed by atoms with van der Waals surface area (Å²) in [5, 5.41) is 13.5. The topological polar surface area (TPSA) is 75.8 Å². The van der Waals surface area contributed by atoms with Crippen LogP contribution in [0.4, 0.5) is 14.6 Å². The Morgan fingerprint density at radius 2 is 1.89 bits per heavy atom. The van der Waals surface area contributed by atoms with Crippen LogP contribution in [0.15, 0.2) is 18.5 Å².